The summed E-state index contributed by atoms with van der Waals surface area (Å²) in [4.78, 5) is 38.5. The van der Waals surface area contributed by atoms with Gasteiger partial charge in [-0.2, -0.15) is 24.4 Å². The number of carboxylic acid groups (broad SMARTS) is 1. The van der Waals surface area contributed by atoms with Crippen molar-refractivity contribution in [3.05, 3.63) is 65.2 Å². The number of carbonyl (C=O) groups excluding carboxylic acids is 2. The van der Waals surface area contributed by atoms with Crippen molar-refractivity contribution in [3.8, 4) is 5.75 Å². The highest BCUT2D eigenvalue weighted by atomic mass is 32.2. The van der Waals surface area contributed by atoms with Crippen molar-refractivity contribution in [2.75, 3.05) is 30.9 Å². The predicted octanol–water partition coefficient (Wildman–Crippen LogP) is 2.67. The van der Waals surface area contributed by atoms with E-state index >= 15 is 0 Å². The molecule has 0 fully saturated rings. The maximum Gasteiger partial charge on any atom is 0.326 e. The number of ether oxygens (including phenoxy) is 1. The van der Waals surface area contributed by atoms with Gasteiger partial charge >= 0.3 is 5.97 Å². The molecule has 0 bridgehead atoms. The third-order valence-electron chi connectivity index (χ3n) is 6.39. The van der Waals surface area contributed by atoms with Crippen molar-refractivity contribution in [3.63, 3.8) is 0 Å². The lowest BCUT2D eigenvalue weighted by Crippen LogP contribution is -2.52. The SMILES string of the molecule is CSCC[C@H](NC(=O)[C@H](Cc1ccccc1)NC(=O)c1cccc2c1OCCC2N(N)CCCS)C(=O)O. The number of thioether (sulfide) groups is 1. The number of rotatable bonds is 14. The van der Waals surface area contributed by atoms with E-state index in [1.165, 1.54) is 11.8 Å². The third-order valence-corrected chi connectivity index (χ3v) is 7.35. The maximum absolute atomic E-state index is 13.5. The molecule has 2 aromatic rings. The number of benzene rings is 2. The Morgan fingerprint density at radius 1 is 1.16 bits per heavy atom. The van der Waals surface area contributed by atoms with Crippen molar-refractivity contribution in [2.45, 2.75) is 43.8 Å². The molecule has 38 heavy (non-hydrogen) atoms. The summed E-state index contributed by atoms with van der Waals surface area (Å²) in [5.74, 6) is 5.93. The molecule has 0 spiro atoms. The van der Waals surface area contributed by atoms with Gasteiger partial charge in [-0.3, -0.25) is 15.4 Å². The molecule has 1 heterocycles. The quantitative estimate of drug-likeness (QED) is 0.135. The zero-order valence-electron chi connectivity index (χ0n) is 21.5. The van der Waals surface area contributed by atoms with Crippen LogP contribution in [0.4, 0.5) is 0 Å². The van der Waals surface area contributed by atoms with Gasteiger partial charge in [0.15, 0.2) is 0 Å². The molecule has 0 radical (unpaired) electrons. The zero-order chi connectivity index (χ0) is 27.5. The van der Waals surface area contributed by atoms with Crippen LogP contribution in [0.2, 0.25) is 0 Å². The fourth-order valence-corrected chi connectivity index (χ4v) is 5.01. The lowest BCUT2D eigenvalue weighted by Gasteiger charge is -2.33. The van der Waals surface area contributed by atoms with Crippen LogP contribution in [0.5, 0.6) is 5.75 Å². The molecule has 5 N–H and O–H groups in total. The summed E-state index contributed by atoms with van der Waals surface area (Å²) >= 11 is 5.76. The van der Waals surface area contributed by atoms with Gasteiger partial charge < -0.3 is 20.5 Å². The van der Waals surface area contributed by atoms with Gasteiger partial charge in [-0.25, -0.2) is 9.80 Å². The zero-order valence-corrected chi connectivity index (χ0v) is 23.2. The Labute approximate surface area is 233 Å². The molecule has 0 saturated carbocycles. The first-order chi connectivity index (χ1) is 18.3. The topological polar surface area (TPSA) is 134 Å². The number of para-hydroxylation sites is 1. The Kier molecular flexibility index (Phi) is 11.8. The minimum atomic E-state index is -1.11. The first-order valence-corrected chi connectivity index (χ1v) is 14.6. The summed E-state index contributed by atoms with van der Waals surface area (Å²) in [6.07, 6.45) is 3.87. The average Bonchev–Trinajstić information content (AvgIpc) is 2.93. The van der Waals surface area contributed by atoms with Gasteiger partial charge in [-0.1, -0.05) is 42.5 Å². The van der Waals surface area contributed by atoms with Crippen LogP contribution in [-0.2, 0) is 16.0 Å². The van der Waals surface area contributed by atoms with Crippen LogP contribution in [0.3, 0.4) is 0 Å². The number of nitrogens with two attached hydrogens (primary N) is 1. The van der Waals surface area contributed by atoms with E-state index in [0.717, 1.165) is 23.3 Å². The van der Waals surface area contributed by atoms with E-state index in [4.69, 9.17) is 10.6 Å². The summed E-state index contributed by atoms with van der Waals surface area (Å²) in [6, 6.07) is 12.4. The Balaban J connectivity index is 1.84. The Hall–Kier alpha value is -2.73. The first kappa shape index (κ1) is 29.8. The summed E-state index contributed by atoms with van der Waals surface area (Å²) in [5.41, 5.74) is 1.95. The first-order valence-electron chi connectivity index (χ1n) is 12.6. The van der Waals surface area contributed by atoms with Gasteiger partial charge in [-0.15, -0.1) is 0 Å². The second-order valence-electron chi connectivity index (χ2n) is 9.09. The molecule has 3 atom stereocenters. The van der Waals surface area contributed by atoms with Gasteiger partial charge in [0.25, 0.3) is 5.91 Å². The lowest BCUT2D eigenvalue weighted by atomic mass is 9.96. The van der Waals surface area contributed by atoms with Crippen molar-refractivity contribution < 1.29 is 24.2 Å². The molecule has 3 rings (SSSR count). The van der Waals surface area contributed by atoms with Crippen LogP contribution in [0, 0.1) is 0 Å². The second-order valence-corrected chi connectivity index (χ2v) is 10.5. The normalized spacial score (nSPS) is 16.2. The number of thiol groups is 1. The number of hydrazine groups is 1. The maximum atomic E-state index is 13.5. The molecule has 206 valence electrons. The van der Waals surface area contributed by atoms with E-state index in [0.29, 0.717) is 36.6 Å². The van der Waals surface area contributed by atoms with Gasteiger partial charge in [0, 0.05) is 24.9 Å². The molecule has 0 saturated heterocycles. The third kappa shape index (κ3) is 8.13. The van der Waals surface area contributed by atoms with E-state index in [1.54, 1.807) is 17.1 Å². The minimum absolute atomic E-state index is 0.109. The molecule has 1 unspecified atom stereocenters. The van der Waals surface area contributed by atoms with Gasteiger partial charge in [0.05, 0.1) is 18.2 Å². The van der Waals surface area contributed by atoms with Crippen LogP contribution in [0.15, 0.2) is 48.5 Å². The van der Waals surface area contributed by atoms with E-state index in [-0.39, 0.29) is 18.9 Å². The summed E-state index contributed by atoms with van der Waals surface area (Å²) in [5, 5.41) is 16.8. The second kappa shape index (κ2) is 15.0. The van der Waals surface area contributed by atoms with Crippen molar-refractivity contribution in [2.24, 2.45) is 5.84 Å². The molecule has 0 aliphatic carbocycles. The standard InChI is InChI=1S/C27H36N4O5S2/c1-38-16-12-21(27(34)35)29-26(33)22(17-18-7-3-2-4-8-18)30-25(32)20-10-5-9-19-23(11-14-36-24(19)20)31(28)13-6-15-37/h2-5,7-10,21-23,37H,6,11-17,28H2,1H3,(H,29,33)(H,30,32)(H,34,35)/t21-,22-,23?/m0/s1. The molecule has 1 aliphatic heterocycles. The number of fused-ring (bicyclic) bond motifs is 1. The molecular formula is C27H36N4O5S2. The number of hydrogen-bond donors (Lipinski definition) is 5. The number of carbonyl (C=O) groups is 3. The molecule has 2 amide bonds. The Morgan fingerprint density at radius 2 is 1.92 bits per heavy atom. The fourth-order valence-electron chi connectivity index (χ4n) is 4.40. The monoisotopic (exact) mass is 560 g/mol. The van der Waals surface area contributed by atoms with Crippen LogP contribution in [0.25, 0.3) is 0 Å². The molecule has 11 heteroatoms. The van der Waals surface area contributed by atoms with Crippen molar-refractivity contribution in [1.29, 1.82) is 0 Å². The number of nitrogens with one attached hydrogen (secondary N) is 2. The van der Waals surface area contributed by atoms with Crippen LogP contribution in [0.1, 0.15) is 46.8 Å². The smallest absolute Gasteiger partial charge is 0.326 e. The predicted molar refractivity (Wildman–Crippen MR) is 153 cm³/mol. The highest BCUT2D eigenvalue weighted by molar-refractivity contribution is 7.98. The molecule has 0 aromatic heterocycles. The highest BCUT2D eigenvalue weighted by Crippen LogP contribution is 2.37. The molecule has 2 aromatic carbocycles. The number of hydrogen-bond acceptors (Lipinski definition) is 8. The van der Waals surface area contributed by atoms with E-state index in [1.807, 2.05) is 42.7 Å². The molecule has 9 nitrogen and oxygen atoms in total. The number of nitrogens with zero attached hydrogens (tertiary/aromatic N) is 1. The van der Waals surface area contributed by atoms with E-state index < -0.39 is 29.9 Å². The summed E-state index contributed by atoms with van der Waals surface area (Å²) in [7, 11) is 0. The lowest BCUT2D eigenvalue weighted by molar-refractivity contribution is -0.142. The van der Waals surface area contributed by atoms with E-state index in [9.17, 15) is 19.5 Å². The molecular weight excluding hydrogens is 524 g/mol. The molecule has 1 aliphatic rings. The Bertz CT molecular complexity index is 1090. The fraction of sp³-hybridized carbons (Fsp3) is 0.444. The summed E-state index contributed by atoms with van der Waals surface area (Å²) in [6.45, 7) is 1.06. The van der Waals surface area contributed by atoms with Crippen LogP contribution in [-0.4, -0.2) is 70.9 Å². The van der Waals surface area contributed by atoms with Crippen LogP contribution < -0.4 is 21.2 Å². The van der Waals surface area contributed by atoms with Crippen molar-refractivity contribution >= 4 is 42.2 Å². The summed E-state index contributed by atoms with van der Waals surface area (Å²) < 4.78 is 5.92. The van der Waals surface area contributed by atoms with Gasteiger partial charge in [0.1, 0.15) is 17.8 Å². The van der Waals surface area contributed by atoms with Gasteiger partial charge in [0.2, 0.25) is 5.91 Å². The number of aliphatic carboxylic acids is 1. The van der Waals surface area contributed by atoms with Crippen LogP contribution >= 0.6 is 24.4 Å². The Morgan fingerprint density at radius 3 is 2.61 bits per heavy atom. The number of amides is 2. The number of carboxylic acids is 1. The average molecular weight is 561 g/mol. The largest absolute Gasteiger partial charge is 0.492 e. The van der Waals surface area contributed by atoms with Gasteiger partial charge in [-0.05, 0) is 42.2 Å². The van der Waals surface area contributed by atoms with E-state index in [2.05, 4.69) is 23.3 Å². The highest BCUT2D eigenvalue weighted by Gasteiger charge is 2.31. The van der Waals surface area contributed by atoms with Crippen molar-refractivity contribution in [1.82, 2.24) is 15.6 Å². The minimum Gasteiger partial charge on any atom is -0.492 e.